The number of rotatable bonds is 4. The molecular weight excluding hydrogens is 318 g/mol. The summed E-state index contributed by atoms with van der Waals surface area (Å²) in [4.78, 5) is 8.60. The summed E-state index contributed by atoms with van der Waals surface area (Å²) in [5.74, 6) is 0. The minimum atomic E-state index is -0.485. The molecule has 20 heavy (non-hydrogen) atoms. The number of pyridine rings is 1. The van der Waals surface area contributed by atoms with Gasteiger partial charge < -0.3 is 9.67 Å². The molecule has 0 aliphatic carbocycles. The fourth-order valence-electron chi connectivity index (χ4n) is 2.22. The molecule has 1 N–H and O–H groups in total. The summed E-state index contributed by atoms with van der Waals surface area (Å²) in [6.45, 7) is 0.512. The highest BCUT2D eigenvalue weighted by molar-refractivity contribution is 9.10. The number of imidazole rings is 1. The number of hydrogen-bond donors (Lipinski definition) is 1. The van der Waals surface area contributed by atoms with Crippen LogP contribution in [0.2, 0.25) is 0 Å². The fraction of sp³-hybridized carbons (Fsp3) is 0.200. The molecule has 4 nitrogen and oxygen atoms in total. The van der Waals surface area contributed by atoms with Crippen LogP contribution in [0.1, 0.15) is 5.69 Å². The Morgan fingerprint density at radius 1 is 1.15 bits per heavy atom. The van der Waals surface area contributed by atoms with Crippen LogP contribution in [0.3, 0.4) is 0 Å². The lowest BCUT2D eigenvalue weighted by Gasteiger charge is -2.11. The highest BCUT2D eigenvalue weighted by Crippen LogP contribution is 2.14. The van der Waals surface area contributed by atoms with Crippen molar-refractivity contribution in [2.24, 2.45) is 0 Å². The minimum Gasteiger partial charge on any atom is -0.391 e. The largest absolute Gasteiger partial charge is 0.391 e. The Balaban J connectivity index is 1.72. The average Bonchev–Trinajstić information content (AvgIpc) is 2.85. The van der Waals surface area contributed by atoms with Crippen LogP contribution in [0, 0.1) is 0 Å². The Morgan fingerprint density at radius 2 is 2.00 bits per heavy atom. The number of fused-ring (bicyclic) bond motifs is 1. The molecule has 0 aliphatic heterocycles. The van der Waals surface area contributed by atoms with Crippen LogP contribution in [-0.4, -0.2) is 25.7 Å². The second-order valence-corrected chi connectivity index (χ2v) is 5.63. The monoisotopic (exact) mass is 331 g/mol. The number of halogens is 1. The van der Waals surface area contributed by atoms with Gasteiger partial charge in [-0.15, -0.1) is 0 Å². The summed E-state index contributed by atoms with van der Waals surface area (Å²) in [5, 5.41) is 10.2. The number of benzene rings is 1. The quantitative estimate of drug-likeness (QED) is 0.799. The van der Waals surface area contributed by atoms with Crippen LogP contribution < -0.4 is 0 Å². The van der Waals surface area contributed by atoms with Crippen molar-refractivity contribution < 1.29 is 5.11 Å². The molecule has 1 aromatic carbocycles. The van der Waals surface area contributed by atoms with Crippen molar-refractivity contribution in [2.45, 2.75) is 19.1 Å². The van der Waals surface area contributed by atoms with Gasteiger partial charge in [0.15, 0.2) is 0 Å². The first-order chi connectivity index (χ1) is 9.72. The predicted octanol–water partition coefficient (Wildman–Crippen LogP) is 2.80. The third kappa shape index (κ3) is 2.89. The Hall–Kier alpha value is -1.72. The molecule has 3 rings (SSSR count). The van der Waals surface area contributed by atoms with Gasteiger partial charge in [0.2, 0.25) is 0 Å². The molecule has 0 saturated carbocycles. The molecule has 0 aliphatic rings. The van der Waals surface area contributed by atoms with Gasteiger partial charge in [-0.3, -0.25) is 4.98 Å². The zero-order valence-corrected chi connectivity index (χ0v) is 12.4. The number of para-hydroxylation sites is 2. The van der Waals surface area contributed by atoms with Gasteiger partial charge in [0.25, 0.3) is 0 Å². The summed E-state index contributed by atoms with van der Waals surface area (Å²) in [6, 6.07) is 11.8. The molecule has 1 unspecified atom stereocenters. The van der Waals surface area contributed by atoms with E-state index >= 15 is 0 Å². The summed E-state index contributed by atoms with van der Waals surface area (Å²) >= 11 is 3.35. The van der Waals surface area contributed by atoms with Crippen molar-refractivity contribution in [3.8, 4) is 0 Å². The van der Waals surface area contributed by atoms with Gasteiger partial charge in [0.1, 0.15) is 0 Å². The molecule has 1 atom stereocenters. The molecule has 0 radical (unpaired) electrons. The zero-order valence-electron chi connectivity index (χ0n) is 10.8. The fourth-order valence-corrected chi connectivity index (χ4v) is 2.45. The van der Waals surface area contributed by atoms with E-state index in [0.29, 0.717) is 13.0 Å². The van der Waals surface area contributed by atoms with E-state index in [1.54, 1.807) is 12.5 Å². The van der Waals surface area contributed by atoms with Crippen molar-refractivity contribution in [2.75, 3.05) is 0 Å². The summed E-state index contributed by atoms with van der Waals surface area (Å²) in [7, 11) is 0. The molecule has 0 amide bonds. The van der Waals surface area contributed by atoms with Crippen LogP contribution >= 0.6 is 15.9 Å². The SMILES string of the molecule is OC(Cc1ccc(Br)cn1)Cn1cnc2ccccc21. The van der Waals surface area contributed by atoms with E-state index in [1.807, 2.05) is 41.0 Å². The van der Waals surface area contributed by atoms with E-state index in [0.717, 1.165) is 21.2 Å². The maximum Gasteiger partial charge on any atom is 0.0959 e. The zero-order chi connectivity index (χ0) is 13.9. The van der Waals surface area contributed by atoms with Gasteiger partial charge in [0.05, 0.1) is 30.0 Å². The van der Waals surface area contributed by atoms with Gasteiger partial charge in [0, 0.05) is 22.8 Å². The van der Waals surface area contributed by atoms with Crippen molar-refractivity contribution in [3.05, 3.63) is 59.1 Å². The van der Waals surface area contributed by atoms with Crippen LogP contribution in [0.4, 0.5) is 0 Å². The van der Waals surface area contributed by atoms with Crippen molar-refractivity contribution >= 4 is 27.0 Å². The van der Waals surface area contributed by atoms with Crippen molar-refractivity contribution in [1.82, 2.24) is 14.5 Å². The van der Waals surface area contributed by atoms with E-state index < -0.39 is 6.10 Å². The third-order valence-electron chi connectivity index (χ3n) is 3.17. The second kappa shape index (κ2) is 5.73. The number of aromatic nitrogens is 3. The lowest BCUT2D eigenvalue weighted by molar-refractivity contribution is 0.154. The minimum absolute atomic E-state index is 0.485. The number of hydrogen-bond acceptors (Lipinski definition) is 3. The van der Waals surface area contributed by atoms with E-state index in [4.69, 9.17) is 0 Å². The molecule has 0 fully saturated rings. The number of nitrogens with zero attached hydrogens (tertiary/aromatic N) is 3. The molecule has 0 bridgehead atoms. The van der Waals surface area contributed by atoms with Gasteiger partial charge in [-0.2, -0.15) is 0 Å². The van der Waals surface area contributed by atoms with Crippen LogP contribution in [-0.2, 0) is 13.0 Å². The van der Waals surface area contributed by atoms with Crippen LogP contribution in [0.25, 0.3) is 11.0 Å². The molecular formula is C15H14BrN3O. The van der Waals surface area contributed by atoms with Crippen molar-refractivity contribution in [1.29, 1.82) is 0 Å². The average molecular weight is 332 g/mol. The van der Waals surface area contributed by atoms with Gasteiger partial charge in [-0.25, -0.2) is 4.98 Å². The van der Waals surface area contributed by atoms with Gasteiger partial charge in [-0.1, -0.05) is 12.1 Å². The first-order valence-electron chi connectivity index (χ1n) is 6.41. The van der Waals surface area contributed by atoms with Gasteiger partial charge >= 0.3 is 0 Å². The van der Waals surface area contributed by atoms with E-state index in [9.17, 15) is 5.11 Å². The molecule has 2 heterocycles. The molecule has 0 saturated heterocycles. The molecule has 0 spiro atoms. The number of aliphatic hydroxyl groups is 1. The molecule has 102 valence electrons. The summed E-state index contributed by atoms with van der Waals surface area (Å²) < 4.78 is 2.91. The summed E-state index contributed by atoms with van der Waals surface area (Å²) in [5.41, 5.74) is 2.86. The standard InChI is InChI=1S/C15H14BrN3O/c16-11-5-6-12(17-8-11)7-13(20)9-19-10-18-14-3-1-2-4-15(14)19/h1-6,8,10,13,20H,7,9H2. The maximum absolute atomic E-state index is 10.2. The van der Waals surface area contributed by atoms with Gasteiger partial charge in [-0.05, 0) is 40.2 Å². The van der Waals surface area contributed by atoms with E-state index in [-0.39, 0.29) is 0 Å². The Morgan fingerprint density at radius 3 is 2.80 bits per heavy atom. The topological polar surface area (TPSA) is 50.9 Å². The normalized spacial score (nSPS) is 12.7. The van der Waals surface area contributed by atoms with Crippen LogP contribution in [0.5, 0.6) is 0 Å². The van der Waals surface area contributed by atoms with Crippen molar-refractivity contribution in [3.63, 3.8) is 0 Å². The summed E-state index contributed by atoms with van der Waals surface area (Å²) in [6.07, 6.45) is 3.55. The first kappa shape index (κ1) is 13.3. The Labute approximate surface area is 125 Å². The lowest BCUT2D eigenvalue weighted by Crippen LogP contribution is -2.18. The Bertz CT molecular complexity index is 708. The second-order valence-electron chi connectivity index (χ2n) is 4.71. The highest BCUT2D eigenvalue weighted by Gasteiger charge is 2.10. The number of aliphatic hydroxyl groups excluding tert-OH is 1. The van der Waals surface area contributed by atoms with E-state index in [1.165, 1.54) is 0 Å². The lowest BCUT2D eigenvalue weighted by atomic mass is 10.2. The van der Waals surface area contributed by atoms with Crippen LogP contribution in [0.15, 0.2) is 53.4 Å². The molecule has 3 aromatic rings. The predicted molar refractivity (Wildman–Crippen MR) is 81.4 cm³/mol. The molecule has 2 aromatic heterocycles. The Kier molecular flexibility index (Phi) is 3.80. The van der Waals surface area contributed by atoms with E-state index in [2.05, 4.69) is 25.9 Å². The maximum atomic E-state index is 10.2. The first-order valence-corrected chi connectivity index (χ1v) is 7.20. The third-order valence-corrected chi connectivity index (χ3v) is 3.64. The highest BCUT2D eigenvalue weighted by atomic mass is 79.9. The smallest absolute Gasteiger partial charge is 0.0959 e. The molecule has 5 heteroatoms.